The van der Waals surface area contributed by atoms with Crippen LogP contribution in [0.25, 0.3) is 11.2 Å². The predicted molar refractivity (Wildman–Crippen MR) is 112 cm³/mol. The molecule has 0 bridgehead atoms. The quantitative estimate of drug-likeness (QED) is 0.542. The van der Waals surface area contributed by atoms with E-state index in [1.807, 2.05) is 35.2 Å². The molecule has 9 nitrogen and oxygen atoms in total. The Kier molecular flexibility index (Phi) is 4.15. The van der Waals surface area contributed by atoms with Crippen molar-refractivity contribution in [1.29, 1.82) is 5.26 Å². The van der Waals surface area contributed by atoms with Gasteiger partial charge >= 0.3 is 0 Å². The lowest BCUT2D eigenvalue weighted by atomic mass is 10.0. The Hall–Kier alpha value is -3.90. The van der Waals surface area contributed by atoms with Gasteiger partial charge in [-0.1, -0.05) is 29.8 Å². The van der Waals surface area contributed by atoms with Crippen molar-refractivity contribution in [3.05, 3.63) is 75.7 Å². The number of fused-ring (bicyclic) bond motifs is 1. The summed E-state index contributed by atoms with van der Waals surface area (Å²) in [6.07, 6.45) is 3.71. The molecule has 1 aliphatic heterocycles. The van der Waals surface area contributed by atoms with Gasteiger partial charge in [-0.15, -0.1) is 0 Å². The molecule has 4 aromatic rings. The van der Waals surface area contributed by atoms with Gasteiger partial charge in [0, 0.05) is 12.7 Å². The number of para-hydroxylation sites is 1. The maximum Gasteiger partial charge on any atom is 0.284 e. The van der Waals surface area contributed by atoms with Crippen LogP contribution in [0.2, 0.25) is 5.02 Å². The first-order chi connectivity index (χ1) is 14.6. The minimum atomic E-state index is -0.273. The maximum atomic E-state index is 13.4. The molecule has 3 aromatic heterocycles. The van der Waals surface area contributed by atoms with Crippen LogP contribution in [0.1, 0.15) is 23.9 Å². The molecular weight excluding hydrogens is 404 g/mol. The SMILES string of the molecule is N#Cc1c(N)ncnc1N1CC[C@H]1c1nn2ccc(Cl)c2c(=O)n1-c1ccccc1. The zero-order valence-electron chi connectivity index (χ0n) is 15.6. The number of rotatable bonds is 3. The molecule has 5 rings (SSSR count). The maximum absolute atomic E-state index is 13.4. The molecule has 30 heavy (non-hydrogen) atoms. The van der Waals surface area contributed by atoms with Crippen molar-refractivity contribution in [3.8, 4) is 11.8 Å². The van der Waals surface area contributed by atoms with E-state index < -0.39 is 0 Å². The molecule has 0 aliphatic carbocycles. The Morgan fingerprint density at radius 3 is 2.70 bits per heavy atom. The fourth-order valence-corrected chi connectivity index (χ4v) is 3.94. The Morgan fingerprint density at radius 1 is 1.20 bits per heavy atom. The van der Waals surface area contributed by atoms with Crippen LogP contribution in [-0.4, -0.2) is 30.7 Å². The van der Waals surface area contributed by atoms with Crippen LogP contribution in [0.4, 0.5) is 11.6 Å². The molecule has 1 saturated heterocycles. The van der Waals surface area contributed by atoms with Crippen LogP contribution in [-0.2, 0) is 0 Å². The monoisotopic (exact) mass is 418 g/mol. The molecule has 0 unspecified atom stereocenters. The highest BCUT2D eigenvalue weighted by Gasteiger charge is 2.37. The van der Waals surface area contributed by atoms with Crippen molar-refractivity contribution in [2.75, 3.05) is 17.2 Å². The average Bonchev–Trinajstić information content (AvgIpc) is 3.09. The zero-order valence-corrected chi connectivity index (χ0v) is 16.4. The number of nitrogens with zero attached hydrogens (tertiary/aromatic N) is 7. The first-order valence-electron chi connectivity index (χ1n) is 9.22. The van der Waals surface area contributed by atoms with Gasteiger partial charge in [-0.3, -0.25) is 9.36 Å². The number of aromatic nitrogens is 5. The lowest BCUT2D eigenvalue weighted by Crippen LogP contribution is -2.45. The van der Waals surface area contributed by atoms with Gasteiger partial charge in [0.1, 0.15) is 29.3 Å². The van der Waals surface area contributed by atoms with Crippen molar-refractivity contribution in [2.24, 2.45) is 0 Å². The van der Waals surface area contributed by atoms with E-state index in [0.717, 1.165) is 6.42 Å². The molecule has 148 valence electrons. The minimum Gasteiger partial charge on any atom is -0.382 e. The fraction of sp³-hybridized carbons (Fsp3) is 0.150. The molecule has 1 aliphatic rings. The van der Waals surface area contributed by atoms with Gasteiger partial charge in [-0.25, -0.2) is 14.5 Å². The van der Waals surface area contributed by atoms with E-state index in [2.05, 4.69) is 16.0 Å². The first-order valence-corrected chi connectivity index (χ1v) is 9.60. The third-order valence-corrected chi connectivity index (χ3v) is 5.54. The summed E-state index contributed by atoms with van der Waals surface area (Å²) in [6.45, 7) is 0.644. The van der Waals surface area contributed by atoms with E-state index in [9.17, 15) is 10.1 Å². The summed E-state index contributed by atoms with van der Waals surface area (Å²) >= 11 is 6.25. The number of nitriles is 1. The van der Waals surface area contributed by atoms with Crippen molar-refractivity contribution in [2.45, 2.75) is 12.5 Å². The summed E-state index contributed by atoms with van der Waals surface area (Å²) in [4.78, 5) is 23.5. The van der Waals surface area contributed by atoms with Crippen molar-refractivity contribution in [1.82, 2.24) is 24.1 Å². The smallest absolute Gasteiger partial charge is 0.284 e. The van der Waals surface area contributed by atoms with Gasteiger partial charge in [0.05, 0.1) is 16.8 Å². The van der Waals surface area contributed by atoms with Gasteiger partial charge in [0.2, 0.25) is 0 Å². The van der Waals surface area contributed by atoms with Crippen LogP contribution in [0.15, 0.2) is 53.7 Å². The van der Waals surface area contributed by atoms with Crippen molar-refractivity contribution < 1.29 is 0 Å². The largest absolute Gasteiger partial charge is 0.382 e. The molecule has 1 aromatic carbocycles. The highest BCUT2D eigenvalue weighted by atomic mass is 35.5. The summed E-state index contributed by atoms with van der Waals surface area (Å²) in [6, 6.07) is 12.7. The van der Waals surface area contributed by atoms with E-state index in [0.29, 0.717) is 34.4 Å². The van der Waals surface area contributed by atoms with Gasteiger partial charge in [-0.2, -0.15) is 10.4 Å². The van der Waals surface area contributed by atoms with Gasteiger partial charge in [0.25, 0.3) is 5.56 Å². The topological polar surface area (TPSA) is 118 Å². The molecule has 2 N–H and O–H groups in total. The molecule has 0 radical (unpaired) electrons. The zero-order chi connectivity index (χ0) is 20.8. The second-order valence-corrected chi connectivity index (χ2v) is 7.27. The molecule has 1 fully saturated rings. The number of nitrogen functional groups attached to an aromatic ring is 1. The second kappa shape index (κ2) is 6.86. The number of hydrogen-bond acceptors (Lipinski definition) is 7. The lowest BCUT2D eigenvalue weighted by molar-refractivity contribution is 0.422. The number of halogens is 1. The summed E-state index contributed by atoms with van der Waals surface area (Å²) < 4.78 is 3.06. The molecular formula is C20H15ClN8O. The highest BCUT2D eigenvalue weighted by Crippen LogP contribution is 2.38. The first kappa shape index (κ1) is 18.1. The minimum absolute atomic E-state index is 0.120. The van der Waals surface area contributed by atoms with Gasteiger partial charge < -0.3 is 10.6 Å². The number of anilines is 2. The predicted octanol–water partition coefficient (Wildman–Crippen LogP) is 2.33. The highest BCUT2D eigenvalue weighted by molar-refractivity contribution is 6.33. The Bertz CT molecular complexity index is 1370. The lowest BCUT2D eigenvalue weighted by Gasteiger charge is -2.42. The molecule has 0 spiro atoms. The Balaban J connectivity index is 1.73. The third kappa shape index (κ3) is 2.62. The Morgan fingerprint density at radius 2 is 2.00 bits per heavy atom. The van der Waals surface area contributed by atoms with Crippen LogP contribution in [0.5, 0.6) is 0 Å². The number of nitrogens with two attached hydrogens (primary N) is 1. The van der Waals surface area contributed by atoms with E-state index >= 15 is 0 Å². The van der Waals surface area contributed by atoms with E-state index in [1.165, 1.54) is 10.8 Å². The molecule has 10 heteroatoms. The van der Waals surface area contributed by atoms with Gasteiger partial charge in [0.15, 0.2) is 11.6 Å². The number of hydrogen-bond donors (Lipinski definition) is 1. The Labute approximate surface area is 175 Å². The van der Waals surface area contributed by atoms with Crippen LogP contribution in [0, 0.1) is 11.3 Å². The van der Waals surface area contributed by atoms with Crippen molar-refractivity contribution in [3.63, 3.8) is 0 Å². The number of benzene rings is 1. The summed E-state index contributed by atoms with van der Waals surface area (Å²) in [5.74, 6) is 1.08. The second-order valence-electron chi connectivity index (χ2n) is 6.86. The summed E-state index contributed by atoms with van der Waals surface area (Å²) in [5, 5.41) is 14.6. The molecule has 4 heterocycles. The summed E-state index contributed by atoms with van der Waals surface area (Å²) in [7, 11) is 0. The normalized spacial score (nSPS) is 15.7. The van der Waals surface area contributed by atoms with Crippen LogP contribution in [0.3, 0.4) is 0 Å². The molecule has 0 amide bonds. The van der Waals surface area contributed by atoms with Crippen LogP contribution < -0.4 is 16.2 Å². The third-order valence-electron chi connectivity index (χ3n) is 5.23. The average molecular weight is 419 g/mol. The summed E-state index contributed by atoms with van der Waals surface area (Å²) in [5.41, 5.74) is 6.79. The van der Waals surface area contributed by atoms with E-state index in [4.69, 9.17) is 22.4 Å². The van der Waals surface area contributed by atoms with E-state index in [1.54, 1.807) is 16.8 Å². The standard InChI is InChI=1S/C20H15ClN8O/c21-14-6-9-28-16(14)20(30)29(12-4-2-1-3-5-12)19(26-28)15-7-8-27(15)18-13(10-22)17(23)24-11-25-18/h1-6,9,11,15H,7-8H2,(H2,23,24,25)/t15-/m0/s1. The van der Waals surface area contributed by atoms with Crippen molar-refractivity contribution >= 4 is 28.8 Å². The molecule has 0 saturated carbocycles. The van der Waals surface area contributed by atoms with Gasteiger partial charge in [-0.05, 0) is 24.6 Å². The van der Waals surface area contributed by atoms with E-state index in [-0.39, 0.29) is 23.0 Å². The fourth-order valence-electron chi connectivity index (χ4n) is 3.71. The van der Waals surface area contributed by atoms with Crippen LogP contribution >= 0.6 is 11.6 Å². The molecule has 1 atom stereocenters.